The number of nitrogens with one attached hydrogen (secondary N) is 1. The molecule has 4 heteroatoms. The summed E-state index contributed by atoms with van der Waals surface area (Å²) in [6, 6.07) is 0. The van der Waals surface area contributed by atoms with Gasteiger partial charge in [0.05, 0.1) is 6.61 Å². The smallest absolute Gasteiger partial charge is 0.106 e. The van der Waals surface area contributed by atoms with Crippen molar-refractivity contribution in [2.45, 2.75) is 18.4 Å². The molecular formula is C11H21NO2S. The molecule has 2 unspecified atom stereocenters. The minimum Gasteiger partial charge on any atom is -0.378 e. The highest BCUT2D eigenvalue weighted by molar-refractivity contribution is 7.99. The molecule has 0 amide bonds. The van der Waals surface area contributed by atoms with Gasteiger partial charge in [0, 0.05) is 26.7 Å². The molecule has 0 aromatic rings. The van der Waals surface area contributed by atoms with Crippen molar-refractivity contribution in [3.63, 3.8) is 0 Å². The van der Waals surface area contributed by atoms with E-state index in [0.717, 1.165) is 38.6 Å². The van der Waals surface area contributed by atoms with Gasteiger partial charge in [-0.05, 0) is 30.4 Å². The number of hydrogen-bond donors (Lipinski definition) is 1. The molecule has 1 N–H and O–H groups in total. The van der Waals surface area contributed by atoms with Gasteiger partial charge in [-0.25, -0.2) is 0 Å². The minimum atomic E-state index is -0.0499. The van der Waals surface area contributed by atoms with E-state index in [1.165, 1.54) is 17.9 Å². The van der Waals surface area contributed by atoms with Crippen LogP contribution in [0.5, 0.6) is 0 Å². The molecule has 0 spiro atoms. The van der Waals surface area contributed by atoms with Crippen LogP contribution in [-0.2, 0) is 9.47 Å². The normalized spacial score (nSPS) is 36.2. The number of rotatable bonds is 5. The maximum absolute atomic E-state index is 5.57. The average Bonchev–Trinajstić information content (AvgIpc) is 2.89. The molecule has 2 heterocycles. The SMILES string of the molecule is COC1(CNCC2CCSC2)CCOC1. The van der Waals surface area contributed by atoms with E-state index in [0.29, 0.717) is 0 Å². The maximum Gasteiger partial charge on any atom is 0.106 e. The van der Waals surface area contributed by atoms with Gasteiger partial charge in [-0.2, -0.15) is 11.8 Å². The quantitative estimate of drug-likeness (QED) is 0.768. The third kappa shape index (κ3) is 3.09. The van der Waals surface area contributed by atoms with Gasteiger partial charge in [0.1, 0.15) is 5.60 Å². The average molecular weight is 231 g/mol. The molecular weight excluding hydrogens is 210 g/mol. The van der Waals surface area contributed by atoms with E-state index in [9.17, 15) is 0 Å². The van der Waals surface area contributed by atoms with Crippen molar-refractivity contribution in [3.8, 4) is 0 Å². The molecule has 2 rings (SSSR count). The Balaban J connectivity index is 1.67. The zero-order valence-corrected chi connectivity index (χ0v) is 10.3. The molecule has 0 bridgehead atoms. The Morgan fingerprint density at radius 1 is 1.60 bits per heavy atom. The molecule has 0 aliphatic carbocycles. The monoisotopic (exact) mass is 231 g/mol. The van der Waals surface area contributed by atoms with E-state index < -0.39 is 0 Å². The molecule has 2 aliphatic rings. The standard InChI is InChI=1S/C11H21NO2S/c1-13-11(3-4-14-9-11)8-12-6-10-2-5-15-7-10/h10,12H,2-9H2,1H3. The highest BCUT2D eigenvalue weighted by Gasteiger charge is 2.34. The van der Waals surface area contributed by atoms with Crippen molar-refractivity contribution in [1.82, 2.24) is 5.32 Å². The van der Waals surface area contributed by atoms with E-state index in [1.54, 1.807) is 7.11 Å². The molecule has 3 nitrogen and oxygen atoms in total. The zero-order valence-electron chi connectivity index (χ0n) is 9.46. The third-order valence-electron chi connectivity index (χ3n) is 3.40. The van der Waals surface area contributed by atoms with Crippen LogP contribution >= 0.6 is 11.8 Å². The second kappa shape index (κ2) is 5.53. The van der Waals surface area contributed by atoms with Gasteiger partial charge in [0.15, 0.2) is 0 Å². The van der Waals surface area contributed by atoms with Gasteiger partial charge < -0.3 is 14.8 Å². The predicted octanol–water partition coefficient (Wildman–Crippen LogP) is 1.13. The van der Waals surface area contributed by atoms with Gasteiger partial charge >= 0.3 is 0 Å². The Morgan fingerprint density at radius 2 is 2.53 bits per heavy atom. The number of thioether (sulfide) groups is 1. The highest BCUT2D eigenvalue weighted by Crippen LogP contribution is 2.24. The maximum atomic E-state index is 5.57. The first-order valence-corrected chi connectivity index (χ1v) is 6.91. The Bertz CT molecular complexity index is 189. The number of hydrogen-bond acceptors (Lipinski definition) is 4. The van der Waals surface area contributed by atoms with E-state index >= 15 is 0 Å². The molecule has 2 saturated heterocycles. The van der Waals surface area contributed by atoms with Crippen LogP contribution in [0.3, 0.4) is 0 Å². The lowest BCUT2D eigenvalue weighted by atomic mass is 10.0. The van der Waals surface area contributed by atoms with Crippen LogP contribution in [-0.4, -0.2) is 50.5 Å². The van der Waals surface area contributed by atoms with Gasteiger partial charge in [-0.3, -0.25) is 0 Å². The lowest BCUT2D eigenvalue weighted by Gasteiger charge is -2.26. The summed E-state index contributed by atoms with van der Waals surface area (Å²) >= 11 is 2.07. The van der Waals surface area contributed by atoms with Crippen LogP contribution in [0.1, 0.15) is 12.8 Å². The molecule has 15 heavy (non-hydrogen) atoms. The Labute approximate surface area is 96.3 Å². The Hall–Kier alpha value is 0.230. The van der Waals surface area contributed by atoms with Crippen LogP contribution in [0.25, 0.3) is 0 Å². The minimum absolute atomic E-state index is 0.0499. The van der Waals surface area contributed by atoms with Gasteiger partial charge in [0.2, 0.25) is 0 Å². The van der Waals surface area contributed by atoms with Crippen molar-refractivity contribution < 1.29 is 9.47 Å². The summed E-state index contributed by atoms with van der Waals surface area (Å²) in [7, 11) is 1.79. The van der Waals surface area contributed by atoms with Crippen molar-refractivity contribution >= 4 is 11.8 Å². The summed E-state index contributed by atoms with van der Waals surface area (Å²) in [5, 5.41) is 3.54. The summed E-state index contributed by atoms with van der Waals surface area (Å²) < 4.78 is 11.0. The first kappa shape index (κ1) is 11.7. The Morgan fingerprint density at radius 3 is 3.13 bits per heavy atom. The summed E-state index contributed by atoms with van der Waals surface area (Å²) in [6.45, 7) is 3.66. The van der Waals surface area contributed by atoms with Gasteiger partial charge in [0.25, 0.3) is 0 Å². The molecule has 2 fully saturated rings. The first-order chi connectivity index (χ1) is 7.35. The second-order valence-corrected chi connectivity index (χ2v) is 5.70. The summed E-state index contributed by atoms with van der Waals surface area (Å²) in [6.07, 6.45) is 2.39. The van der Waals surface area contributed by atoms with Crippen molar-refractivity contribution in [2.75, 3.05) is 44.9 Å². The zero-order chi connectivity index (χ0) is 10.6. The number of ether oxygens (including phenoxy) is 2. The fourth-order valence-corrected chi connectivity index (χ4v) is 3.49. The first-order valence-electron chi connectivity index (χ1n) is 5.76. The lowest BCUT2D eigenvalue weighted by molar-refractivity contribution is -0.0160. The molecule has 0 aromatic carbocycles. The summed E-state index contributed by atoms with van der Waals surface area (Å²) in [5.74, 6) is 3.53. The summed E-state index contributed by atoms with van der Waals surface area (Å²) in [5.41, 5.74) is -0.0499. The lowest BCUT2D eigenvalue weighted by Crippen LogP contribution is -2.44. The van der Waals surface area contributed by atoms with Crippen molar-refractivity contribution in [2.24, 2.45) is 5.92 Å². The predicted molar refractivity (Wildman–Crippen MR) is 63.5 cm³/mol. The summed E-state index contributed by atoms with van der Waals surface area (Å²) in [4.78, 5) is 0. The van der Waals surface area contributed by atoms with E-state index in [2.05, 4.69) is 17.1 Å². The van der Waals surface area contributed by atoms with Gasteiger partial charge in [-0.15, -0.1) is 0 Å². The van der Waals surface area contributed by atoms with Crippen LogP contribution in [0.4, 0.5) is 0 Å². The topological polar surface area (TPSA) is 30.5 Å². The molecule has 0 radical (unpaired) electrons. The van der Waals surface area contributed by atoms with E-state index in [4.69, 9.17) is 9.47 Å². The van der Waals surface area contributed by atoms with E-state index in [1.807, 2.05) is 0 Å². The van der Waals surface area contributed by atoms with Crippen molar-refractivity contribution in [3.05, 3.63) is 0 Å². The van der Waals surface area contributed by atoms with Crippen LogP contribution in [0.15, 0.2) is 0 Å². The Kier molecular flexibility index (Phi) is 4.31. The largest absolute Gasteiger partial charge is 0.378 e. The molecule has 2 atom stereocenters. The highest BCUT2D eigenvalue weighted by atomic mass is 32.2. The van der Waals surface area contributed by atoms with Crippen LogP contribution in [0.2, 0.25) is 0 Å². The number of methoxy groups -OCH3 is 1. The fourth-order valence-electron chi connectivity index (χ4n) is 2.21. The fraction of sp³-hybridized carbons (Fsp3) is 1.00. The third-order valence-corrected chi connectivity index (χ3v) is 4.64. The molecule has 0 saturated carbocycles. The van der Waals surface area contributed by atoms with Crippen LogP contribution < -0.4 is 5.32 Å². The van der Waals surface area contributed by atoms with Gasteiger partial charge in [-0.1, -0.05) is 0 Å². The molecule has 2 aliphatic heterocycles. The van der Waals surface area contributed by atoms with Crippen molar-refractivity contribution in [1.29, 1.82) is 0 Å². The van der Waals surface area contributed by atoms with E-state index in [-0.39, 0.29) is 5.60 Å². The van der Waals surface area contributed by atoms with Crippen LogP contribution in [0, 0.1) is 5.92 Å². The molecule has 88 valence electrons. The molecule has 0 aromatic heterocycles. The second-order valence-electron chi connectivity index (χ2n) is 4.55.